The van der Waals surface area contributed by atoms with Crippen molar-refractivity contribution < 1.29 is 13.5 Å². The minimum absolute atomic E-state index is 0.141. The minimum Gasteiger partial charge on any atom is -0.487 e. The fourth-order valence-corrected chi connectivity index (χ4v) is 3.41. The third kappa shape index (κ3) is 3.19. The molecule has 21 heavy (non-hydrogen) atoms. The van der Waals surface area contributed by atoms with Crippen molar-refractivity contribution in [2.75, 3.05) is 5.75 Å². The van der Waals surface area contributed by atoms with Gasteiger partial charge in [-0.1, -0.05) is 18.2 Å². The van der Waals surface area contributed by atoms with E-state index in [1.807, 2.05) is 24.3 Å². The minimum atomic E-state index is -0.844. The number of para-hydroxylation sites is 1. The van der Waals surface area contributed by atoms with Crippen LogP contribution in [0.5, 0.6) is 5.75 Å². The molecule has 0 fully saturated rings. The van der Waals surface area contributed by atoms with E-state index in [9.17, 15) is 8.78 Å². The molecule has 2 unspecified atom stereocenters. The van der Waals surface area contributed by atoms with Crippen LogP contribution >= 0.6 is 11.8 Å². The maximum absolute atomic E-state index is 13.2. The third-order valence-corrected chi connectivity index (χ3v) is 4.61. The van der Waals surface area contributed by atoms with Gasteiger partial charge in [-0.2, -0.15) is 0 Å². The highest BCUT2D eigenvalue weighted by Gasteiger charge is 2.26. The van der Waals surface area contributed by atoms with Crippen molar-refractivity contribution in [2.24, 2.45) is 5.73 Å². The van der Waals surface area contributed by atoms with E-state index >= 15 is 0 Å². The van der Waals surface area contributed by atoms with Gasteiger partial charge in [0.2, 0.25) is 0 Å². The number of hydrogen-bond donors (Lipinski definition) is 1. The van der Waals surface area contributed by atoms with Crippen LogP contribution in [0.3, 0.4) is 0 Å². The van der Waals surface area contributed by atoms with E-state index in [1.54, 1.807) is 17.8 Å². The Morgan fingerprint density at radius 2 is 2.00 bits per heavy atom. The molecule has 1 aliphatic heterocycles. The second kappa shape index (κ2) is 6.03. The number of ether oxygens (including phenoxy) is 1. The molecule has 2 N–H and O–H groups in total. The molecule has 1 aliphatic rings. The first-order valence-corrected chi connectivity index (χ1v) is 7.70. The lowest BCUT2D eigenvalue weighted by atomic mass is 10.0. The van der Waals surface area contributed by atoms with E-state index in [4.69, 9.17) is 10.5 Å². The van der Waals surface area contributed by atoms with Gasteiger partial charge in [-0.15, -0.1) is 11.8 Å². The van der Waals surface area contributed by atoms with E-state index in [1.165, 1.54) is 6.07 Å². The first kappa shape index (κ1) is 14.4. The van der Waals surface area contributed by atoms with Crippen molar-refractivity contribution in [3.8, 4) is 5.75 Å². The Labute approximate surface area is 126 Å². The van der Waals surface area contributed by atoms with Crippen molar-refractivity contribution in [2.45, 2.75) is 23.5 Å². The quantitative estimate of drug-likeness (QED) is 0.944. The lowest BCUT2D eigenvalue weighted by Crippen LogP contribution is -2.43. The van der Waals surface area contributed by atoms with Crippen LogP contribution in [-0.2, 0) is 6.42 Å². The summed E-state index contributed by atoms with van der Waals surface area (Å²) in [5.41, 5.74) is 6.85. The number of hydrogen-bond acceptors (Lipinski definition) is 3. The van der Waals surface area contributed by atoms with Crippen molar-refractivity contribution in [3.05, 3.63) is 59.7 Å². The fourth-order valence-electron chi connectivity index (χ4n) is 2.32. The molecular weight excluding hydrogens is 292 g/mol. The second-order valence-electron chi connectivity index (χ2n) is 5.03. The zero-order valence-corrected chi connectivity index (χ0v) is 12.1. The number of benzene rings is 2. The summed E-state index contributed by atoms with van der Waals surface area (Å²) in [5.74, 6) is -0.101. The predicted molar refractivity (Wildman–Crippen MR) is 79.6 cm³/mol. The van der Waals surface area contributed by atoms with Gasteiger partial charge in [0.25, 0.3) is 0 Å². The molecule has 110 valence electrons. The average Bonchev–Trinajstić information content (AvgIpc) is 2.50. The molecule has 0 aromatic heterocycles. The number of fused-ring (bicyclic) bond motifs is 1. The van der Waals surface area contributed by atoms with E-state index in [2.05, 4.69) is 0 Å². The van der Waals surface area contributed by atoms with E-state index in [-0.39, 0.29) is 12.1 Å². The Morgan fingerprint density at radius 3 is 2.81 bits per heavy atom. The molecule has 3 rings (SSSR count). The van der Waals surface area contributed by atoms with Crippen LogP contribution in [0.4, 0.5) is 8.78 Å². The SMILES string of the molecule is NC(Cc1ccc(F)c(F)c1)C1CSc2ccccc2O1. The lowest BCUT2D eigenvalue weighted by molar-refractivity contribution is 0.184. The Bertz CT molecular complexity index is 650. The fraction of sp³-hybridized carbons (Fsp3) is 0.250. The topological polar surface area (TPSA) is 35.2 Å². The van der Waals surface area contributed by atoms with Crippen LogP contribution in [0.2, 0.25) is 0 Å². The molecule has 2 nitrogen and oxygen atoms in total. The molecule has 0 saturated carbocycles. The Balaban J connectivity index is 1.69. The second-order valence-corrected chi connectivity index (χ2v) is 6.09. The number of rotatable bonds is 3. The first-order chi connectivity index (χ1) is 10.1. The predicted octanol–water partition coefficient (Wildman–Crippen LogP) is 3.39. The van der Waals surface area contributed by atoms with Gasteiger partial charge in [0.15, 0.2) is 11.6 Å². The maximum Gasteiger partial charge on any atom is 0.159 e. The van der Waals surface area contributed by atoms with Crippen molar-refractivity contribution in [3.63, 3.8) is 0 Å². The van der Waals surface area contributed by atoms with Crippen LogP contribution in [0.1, 0.15) is 5.56 Å². The monoisotopic (exact) mass is 307 g/mol. The molecule has 5 heteroatoms. The molecular formula is C16H15F2NOS. The molecule has 1 heterocycles. The summed E-state index contributed by atoms with van der Waals surface area (Å²) in [7, 11) is 0. The van der Waals surface area contributed by atoms with Crippen LogP contribution in [-0.4, -0.2) is 17.9 Å². The number of halogens is 2. The van der Waals surface area contributed by atoms with Gasteiger partial charge in [0.1, 0.15) is 11.9 Å². The van der Waals surface area contributed by atoms with Gasteiger partial charge in [0, 0.05) is 16.7 Å². The summed E-state index contributed by atoms with van der Waals surface area (Å²) in [5, 5.41) is 0. The van der Waals surface area contributed by atoms with Gasteiger partial charge in [-0.25, -0.2) is 8.78 Å². The van der Waals surface area contributed by atoms with Crippen LogP contribution in [0, 0.1) is 11.6 Å². The first-order valence-electron chi connectivity index (χ1n) is 6.71. The lowest BCUT2D eigenvalue weighted by Gasteiger charge is -2.29. The molecule has 2 aromatic rings. The van der Waals surface area contributed by atoms with Crippen LogP contribution in [0.15, 0.2) is 47.4 Å². The molecule has 2 atom stereocenters. The highest BCUT2D eigenvalue weighted by atomic mass is 32.2. The van der Waals surface area contributed by atoms with Crippen LogP contribution < -0.4 is 10.5 Å². The molecule has 0 saturated heterocycles. The normalized spacial score (nSPS) is 18.7. The smallest absolute Gasteiger partial charge is 0.159 e. The highest BCUT2D eigenvalue weighted by Crippen LogP contribution is 2.35. The molecule has 0 aliphatic carbocycles. The average molecular weight is 307 g/mol. The molecule has 2 aromatic carbocycles. The van der Waals surface area contributed by atoms with Gasteiger partial charge in [-0.3, -0.25) is 0 Å². The van der Waals surface area contributed by atoms with Crippen molar-refractivity contribution >= 4 is 11.8 Å². The Morgan fingerprint density at radius 1 is 1.19 bits per heavy atom. The Hall–Kier alpha value is -1.59. The largest absolute Gasteiger partial charge is 0.487 e. The molecule has 0 spiro atoms. The third-order valence-electron chi connectivity index (χ3n) is 3.46. The van der Waals surface area contributed by atoms with Gasteiger partial charge >= 0.3 is 0 Å². The maximum atomic E-state index is 13.2. The number of nitrogens with two attached hydrogens (primary N) is 1. The van der Waals surface area contributed by atoms with Gasteiger partial charge in [0.05, 0.1) is 0 Å². The van der Waals surface area contributed by atoms with Crippen molar-refractivity contribution in [1.29, 1.82) is 0 Å². The summed E-state index contributed by atoms with van der Waals surface area (Å²) < 4.78 is 32.0. The van der Waals surface area contributed by atoms with Crippen molar-refractivity contribution in [1.82, 2.24) is 0 Å². The molecule has 0 radical (unpaired) electrons. The summed E-state index contributed by atoms with van der Waals surface area (Å²) in [6, 6.07) is 11.4. The Kier molecular flexibility index (Phi) is 4.12. The molecule has 0 amide bonds. The summed E-state index contributed by atoms with van der Waals surface area (Å²) in [6.07, 6.45) is 0.308. The van der Waals surface area contributed by atoms with E-state index < -0.39 is 11.6 Å². The van der Waals surface area contributed by atoms with E-state index in [0.717, 1.165) is 22.5 Å². The van der Waals surface area contributed by atoms with Crippen LogP contribution in [0.25, 0.3) is 0 Å². The molecule has 0 bridgehead atoms. The zero-order valence-electron chi connectivity index (χ0n) is 11.3. The standard InChI is InChI=1S/C16H15F2NOS/c17-11-6-5-10(7-12(11)18)8-13(19)15-9-21-16-4-2-1-3-14(16)20-15/h1-7,13,15H,8-9,19H2. The highest BCUT2D eigenvalue weighted by molar-refractivity contribution is 7.99. The zero-order chi connectivity index (χ0) is 14.8. The summed E-state index contributed by atoms with van der Waals surface area (Å²) in [4.78, 5) is 1.11. The summed E-state index contributed by atoms with van der Waals surface area (Å²) in [6.45, 7) is 0. The summed E-state index contributed by atoms with van der Waals surface area (Å²) >= 11 is 1.70. The number of thioether (sulfide) groups is 1. The van der Waals surface area contributed by atoms with E-state index in [0.29, 0.717) is 12.0 Å². The van der Waals surface area contributed by atoms with Gasteiger partial charge < -0.3 is 10.5 Å². The van der Waals surface area contributed by atoms with Gasteiger partial charge in [-0.05, 0) is 36.2 Å².